The van der Waals surface area contributed by atoms with E-state index in [4.69, 9.17) is 4.74 Å². The van der Waals surface area contributed by atoms with E-state index in [-0.39, 0.29) is 24.0 Å². The minimum atomic E-state index is -0.249. The Hall–Kier alpha value is -1.92. The number of benzene rings is 1. The predicted molar refractivity (Wildman–Crippen MR) is 95.0 cm³/mol. The fourth-order valence-corrected chi connectivity index (χ4v) is 3.42. The van der Waals surface area contributed by atoms with Crippen LogP contribution < -0.4 is 5.32 Å². The van der Waals surface area contributed by atoms with Crippen molar-refractivity contribution >= 4 is 11.8 Å². The molecule has 2 fully saturated rings. The molecule has 0 saturated carbocycles. The lowest BCUT2D eigenvalue weighted by Gasteiger charge is -2.35. The van der Waals surface area contributed by atoms with Crippen LogP contribution in [0.1, 0.15) is 31.4 Å². The molecule has 2 saturated heterocycles. The third-order valence-corrected chi connectivity index (χ3v) is 4.93. The lowest BCUT2D eigenvalue weighted by molar-refractivity contribution is -0.142. The van der Waals surface area contributed by atoms with Gasteiger partial charge in [0.05, 0.1) is 12.6 Å². The number of carbonyl (C=O) groups excluding carboxylic acids is 2. The maximum absolute atomic E-state index is 12.3. The van der Waals surface area contributed by atoms with Gasteiger partial charge in [0.25, 0.3) is 5.91 Å². The van der Waals surface area contributed by atoms with Gasteiger partial charge in [-0.3, -0.25) is 14.5 Å². The summed E-state index contributed by atoms with van der Waals surface area (Å²) in [5, 5.41) is 3.04. The first-order valence-corrected chi connectivity index (χ1v) is 9.10. The Morgan fingerprint density at radius 3 is 2.56 bits per heavy atom. The van der Waals surface area contributed by atoms with Crippen LogP contribution in [0.25, 0.3) is 0 Å². The van der Waals surface area contributed by atoms with Gasteiger partial charge in [0.2, 0.25) is 5.91 Å². The number of rotatable bonds is 5. The highest BCUT2D eigenvalue weighted by molar-refractivity contribution is 5.81. The average molecular weight is 345 g/mol. The van der Waals surface area contributed by atoms with E-state index in [0.717, 1.165) is 31.5 Å². The van der Waals surface area contributed by atoms with Gasteiger partial charge < -0.3 is 15.0 Å². The Bertz CT molecular complexity index is 579. The molecule has 3 rings (SSSR count). The number of piperazine rings is 1. The molecule has 2 heterocycles. The molecule has 2 amide bonds. The smallest absolute Gasteiger partial charge is 0.251 e. The number of nitrogens with zero attached hydrogens (tertiary/aromatic N) is 2. The largest absolute Gasteiger partial charge is 0.368 e. The van der Waals surface area contributed by atoms with Crippen LogP contribution in [0.5, 0.6) is 0 Å². The van der Waals surface area contributed by atoms with Gasteiger partial charge in [-0.15, -0.1) is 0 Å². The standard InChI is InChI=1S/C19H27N3O3/c1-15(16-6-3-2-4-7-16)20-18(23)14-21-9-11-22(12-10-21)19(24)17-8-5-13-25-17/h2-4,6-7,15,17H,5,8-14H2,1H3,(H,20,23)/t15-,17-/m1/s1. The number of hydrogen-bond donors (Lipinski definition) is 1. The Morgan fingerprint density at radius 1 is 1.20 bits per heavy atom. The first-order valence-electron chi connectivity index (χ1n) is 9.10. The van der Waals surface area contributed by atoms with Gasteiger partial charge >= 0.3 is 0 Å². The van der Waals surface area contributed by atoms with Crippen LogP contribution in [0.3, 0.4) is 0 Å². The molecule has 2 aliphatic heterocycles. The van der Waals surface area contributed by atoms with Gasteiger partial charge in [-0.1, -0.05) is 30.3 Å². The molecule has 1 N–H and O–H groups in total. The molecule has 2 aliphatic rings. The van der Waals surface area contributed by atoms with Crippen molar-refractivity contribution in [3.8, 4) is 0 Å². The molecule has 0 aliphatic carbocycles. The molecular weight excluding hydrogens is 318 g/mol. The van der Waals surface area contributed by atoms with Crippen LogP contribution in [-0.4, -0.2) is 67.0 Å². The van der Waals surface area contributed by atoms with E-state index >= 15 is 0 Å². The van der Waals surface area contributed by atoms with Crippen LogP contribution in [-0.2, 0) is 14.3 Å². The van der Waals surface area contributed by atoms with Gasteiger partial charge in [0.15, 0.2) is 0 Å². The third kappa shape index (κ3) is 4.80. The summed E-state index contributed by atoms with van der Waals surface area (Å²) in [4.78, 5) is 28.6. The van der Waals surface area contributed by atoms with Crippen molar-refractivity contribution in [2.24, 2.45) is 0 Å². The summed E-state index contributed by atoms with van der Waals surface area (Å²) in [6, 6.07) is 9.94. The second kappa shape index (κ2) is 8.45. The van der Waals surface area contributed by atoms with Crippen molar-refractivity contribution in [3.05, 3.63) is 35.9 Å². The highest BCUT2D eigenvalue weighted by Crippen LogP contribution is 2.16. The number of carbonyl (C=O) groups is 2. The van der Waals surface area contributed by atoms with Crippen LogP contribution in [0.2, 0.25) is 0 Å². The van der Waals surface area contributed by atoms with Crippen molar-refractivity contribution in [1.82, 2.24) is 15.1 Å². The number of nitrogens with one attached hydrogen (secondary N) is 1. The fourth-order valence-electron chi connectivity index (χ4n) is 3.42. The van der Waals surface area contributed by atoms with Crippen molar-refractivity contribution in [1.29, 1.82) is 0 Å². The zero-order chi connectivity index (χ0) is 17.6. The summed E-state index contributed by atoms with van der Waals surface area (Å²) >= 11 is 0. The molecule has 2 atom stereocenters. The number of amides is 2. The highest BCUT2D eigenvalue weighted by atomic mass is 16.5. The first-order chi connectivity index (χ1) is 12.1. The Balaban J connectivity index is 1.41. The van der Waals surface area contributed by atoms with E-state index in [0.29, 0.717) is 26.2 Å². The molecule has 1 aromatic carbocycles. The molecule has 0 radical (unpaired) electrons. The third-order valence-electron chi connectivity index (χ3n) is 4.93. The van der Waals surface area contributed by atoms with Crippen molar-refractivity contribution < 1.29 is 14.3 Å². The van der Waals surface area contributed by atoms with Gasteiger partial charge in [0, 0.05) is 32.8 Å². The summed E-state index contributed by atoms with van der Waals surface area (Å²) in [7, 11) is 0. The zero-order valence-corrected chi connectivity index (χ0v) is 14.8. The van der Waals surface area contributed by atoms with E-state index in [1.807, 2.05) is 42.2 Å². The quantitative estimate of drug-likeness (QED) is 0.871. The molecule has 6 nitrogen and oxygen atoms in total. The van der Waals surface area contributed by atoms with Gasteiger partial charge in [0.1, 0.15) is 6.10 Å². The Labute approximate surface area is 149 Å². The second-order valence-corrected chi connectivity index (χ2v) is 6.80. The molecule has 136 valence electrons. The number of ether oxygens (including phenoxy) is 1. The van der Waals surface area contributed by atoms with E-state index in [1.165, 1.54) is 0 Å². The molecule has 6 heteroatoms. The van der Waals surface area contributed by atoms with Gasteiger partial charge in [-0.25, -0.2) is 0 Å². The predicted octanol–water partition coefficient (Wildman–Crippen LogP) is 1.19. The van der Waals surface area contributed by atoms with E-state index < -0.39 is 0 Å². The normalized spacial score (nSPS) is 22.6. The zero-order valence-electron chi connectivity index (χ0n) is 14.8. The summed E-state index contributed by atoms with van der Waals surface area (Å²) in [6.07, 6.45) is 1.55. The van der Waals surface area contributed by atoms with Gasteiger partial charge in [-0.2, -0.15) is 0 Å². The van der Waals surface area contributed by atoms with Crippen molar-refractivity contribution in [2.75, 3.05) is 39.3 Å². The fraction of sp³-hybridized carbons (Fsp3) is 0.579. The monoisotopic (exact) mass is 345 g/mol. The lowest BCUT2D eigenvalue weighted by Crippen LogP contribution is -2.53. The Kier molecular flexibility index (Phi) is 6.04. The minimum absolute atomic E-state index is 0.00363. The van der Waals surface area contributed by atoms with Crippen LogP contribution >= 0.6 is 0 Å². The van der Waals surface area contributed by atoms with Crippen LogP contribution in [0, 0.1) is 0 Å². The minimum Gasteiger partial charge on any atom is -0.368 e. The van der Waals surface area contributed by atoms with E-state index in [2.05, 4.69) is 10.2 Å². The summed E-state index contributed by atoms with van der Waals surface area (Å²) < 4.78 is 5.48. The SMILES string of the molecule is C[C@@H](NC(=O)CN1CCN(C(=O)[C@H]2CCCO2)CC1)c1ccccc1. The topological polar surface area (TPSA) is 61.9 Å². The van der Waals surface area contributed by atoms with Gasteiger partial charge in [-0.05, 0) is 25.3 Å². The highest BCUT2D eigenvalue weighted by Gasteiger charge is 2.30. The second-order valence-electron chi connectivity index (χ2n) is 6.80. The van der Waals surface area contributed by atoms with Crippen LogP contribution in [0.15, 0.2) is 30.3 Å². The van der Waals surface area contributed by atoms with Crippen LogP contribution in [0.4, 0.5) is 0 Å². The maximum atomic E-state index is 12.3. The molecule has 0 aromatic heterocycles. The van der Waals surface area contributed by atoms with Crippen molar-refractivity contribution in [3.63, 3.8) is 0 Å². The number of hydrogen-bond acceptors (Lipinski definition) is 4. The molecule has 0 unspecified atom stereocenters. The molecule has 1 aromatic rings. The Morgan fingerprint density at radius 2 is 1.92 bits per heavy atom. The molecular formula is C19H27N3O3. The maximum Gasteiger partial charge on any atom is 0.251 e. The van der Waals surface area contributed by atoms with E-state index in [9.17, 15) is 9.59 Å². The first kappa shape index (κ1) is 17.9. The van der Waals surface area contributed by atoms with E-state index in [1.54, 1.807) is 0 Å². The summed E-state index contributed by atoms with van der Waals surface area (Å²) in [5.74, 6) is 0.134. The lowest BCUT2D eigenvalue weighted by atomic mass is 10.1. The molecule has 25 heavy (non-hydrogen) atoms. The van der Waals surface area contributed by atoms with Crippen molar-refractivity contribution in [2.45, 2.75) is 31.9 Å². The summed E-state index contributed by atoms with van der Waals surface area (Å²) in [6.45, 7) is 5.85. The molecule has 0 spiro atoms. The molecule has 0 bridgehead atoms. The summed E-state index contributed by atoms with van der Waals surface area (Å²) in [5.41, 5.74) is 1.10. The average Bonchev–Trinajstić information content (AvgIpc) is 3.17.